The van der Waals surface area contributed by atoms with Gasteiger partial charge in [0.15, 0.2) is 0 Å². The van der Waals surface area contributed by atoms with E-state index in [9.17, 15) is 4.79 Å². The Morgan fingerprint density at radius 1 is 1.06 bits per heavy atom. The molecule has 2 aliphatic heterocycles. The molecule has 0 saturated carbocycles. The zero-order chi connectivity index (χ0) is 22.4. The number of para-hydroxylation sites is 1. The standard InChI is InChI=1S/C26H22N4O2S/c1-2-32-25(31)24-28-30(18-10-4-3-5-11-18)26-27-22-19-12-7-6-9-17(19)14-15-20(22)23(29(24)26)21-13-8-16-33-21/h3-13,16,23H,2,14-15H2,1H3/t23-/m1/s1. The van der Waals surface area contributed by atoms with Crippen molar-refractivity contribution >= 4 is 40.5 Å². The molecule has 3 heterocycles. The summed E-state index contributed by atoms with van der Waals surface area (Å²) in [7, 11) is 0. The van der Waals surface area contributed by atoms with E-state index in [1.54, 1.807) is 16.3 Å². The van der Waals surface area contributed by atoms with Gasteiger partial charge < -0.3 is 4.74 Å². The molecule has 33 heavy (non-hydrogen) atoms. The van der Waals surface area contributed by atoms with Crippen LogP contribution in [0.25, 0.3) is 5.70 Å². The van der Waals surface area contributed by atoms with Gasteiger partial charge in [-0.1, -0.05) is 48.5 Å². The molecule has 0 unspecified atom stereocenters. The Bertz CT molecular complexity index is 1310. The van der Waals surface area contributed by atoms with Gasteiger partial charge in [-0.2, -0.15) is 5.01 Å². The summed E-state index contributed by atoms with van der Waals surface area (Å²) < 4.78 is 5.41. The monoisotopic (exact) mass is 454 g/mol. The fourth-order valence-electron chi connectivity index (χ4n) is 4.73. The largest absolute Gasteiger partial charge is 0.460 e. The van der Waals surface area contributed by atoms with Gasteiger partial charge in [-0.25, -0.2) is 9.79 Å². The third-order valence-corrected chi connectivity index (χ3v) is 7.06. The van der Waals surface area contributed by atoms with Crippen molar-refractivity contribution in [3.05, 3.63) is 93.7 Å². The number of hydrogen-bond acceptors (Lipinski definition) is 7. The molecule has 0 N–H and O–H groups in total. The molecular formula is C26H22N4O2S. The maximum atomic E-state index is 13.1. The zero-order valence-electron chi connectivity index (χ0n) is 18.1. The Morgan fingerprint density at radius 2 is 1.88 bits per heavy atom. The molecule has 0 fully saturated rings. The van der Waals surface area contributed by atoms with Crippen molar-refractivity contribution in [2.45, 2.75) is 25.8 Å². The molecule has 0 radical (unpaired) electrons. The Kier molecular flexibility index (Phi) is 4.84. The number of rotatable bonds is 4. The normalized spacial score (nSPS) is 18.9. The van der Waals surface area contributed by atoms with Crippen LogP contribution in [-0.2, 0) is 16.0 Å². The van der Waals surface area contributed by atoms with Crippen molar-refractivity contribution < 1.29 is 9.53 Å². The first-order valence-electron chi connectivity index (χ1n) is 11.1. The molecule has 0 amide bonds. The van der Waals surface area contributed by atoms with E-state index in [-0.39, 0.29) is 18.5 Å². The molecule has 0 bridgehead atoms. The van der Waals surface area contributed by atoms with Gasteiger partial charge >= 0.3 is 5.97 Å². The van der Waals surface area contributed by atoms with Crippen molar-refractivity contribution in [1.29, 1.82) is 0 Å². The maximum Gasteiger partial charge on any atom is 0.376 e. The first-order chi connectivity index (χ1) is 16.3. The number of carbonyl (C=O) groups is 1. The third kappa shape index (κ3) is 3.19. The van der Waals surface area contributed by atoms with Crippen LogP contribution in [0.5, 0.6) is 0 Å². The highest BCUT2D eigenvalue weighted by Gasteiger charge is 2.47. The number of fused-ring (bicyclic) bond motifs is 3. The maximum absolute atomic E-state index is 13.1. The van der Waals surface area contributed by atoms with Crippen LogP contribution in [0, 0.1) is 0 Å². The summed E-state index contributed by atoms with van der Waals surface area (Å²) in [5.41, 5.74) is 5.51. The fourth-order valence-corrected chi connectivity index (χ4v) is 5.58. The van der Waals surface area contributed by atoms with Gasteiger partial charge in [0, 0.05) is 10.4 Å². The smallest absolute Gasteiger partial charge is 0.376 e. The first-order valence-corrected chi connectivity index (χ1v) is 12.0. The lowest BCUT2D eigenvalue weighted by Crippen LogP contribution is -2.46. The molecule has 6 rings (SSSR count). The zero-order valence-corrected chi connectivity index (χ0v) is 19.0. The molecule has 3 aliphatic rings. The number of amidine groups is 1. The lowest BCUT2D eigenvalue weighted by Gasteiger charge is -2.38. The minimum Gasteiger partial charge on any atom is -0.460 e. The Morgan fingerprint density at radius 3 is 2.67 bits per heavy atom. The topological polar surface area (TPSA) is 57.5 Å². The van der Waals surface area contributed by atoms with Gasteiger partial charge in [0.05, 0.1) is 24.0 Å². The van der Waals surface area contributed by atoms with Gasteiger partial charge in [-0.05, 0) is 54.5 Å². The molecule has 6 nitrogen and oxygen atoms in total. The Hall–Kier alpha value is -3.71. The van der Waals surface area contributed by atoms with Crippen molar-refractivity contribution in [2.24, 2.45) is 10.1 Å². The minimum absolute atomic E-state index is 0.155. The molecule has 7 heteroatoms. The molecule has 164 valence electrons. The van der Waals surface area contributed by atoms with Crippen LogP contribution in [0.2, 0.25) is 0 Å². The fraction of sp³-hybridized carbons (Fsp3) is 0.192. The van der Waals surface area contributed by atoms with E-state index in [1.807, 2.05) is 42.2 Å². The highest BCUT2D eigenvalue weighted by molar-refractivity contribution is 7.10. The summed E-state index contributed by atoms with van der Waals surface area (Å²) in [6, 6.07) is 22.3. The van der Waals surface area contributed by atoms with Crippen LogP contribution in [-0.4, -0.2) is 29.3 Å². The van der Waals surface area contributed by atoms with E-state index in [0.717, 1.165) is 34.7 Å². The highest BCUT2D eigenvalue weighted by Crippen LogP contribution is 2.47. The van der Waals surface area contributed by atoms with E-state index in [4.69, 9.17) is 14.8 Å². The van der Waals surface area contributed by atoms with Gasteiger partial charge in [0.25, 0.3) is 0 Å². The number of esters is 1. The number of thiophene rings is 1. The quantitative estimate of drug-likeness (QED) is 0.508. The predicted molar refractivity (Wildman–Crippen MR) is 131 cm³/mol. The number of anilines is 1. The van der Waals surface area contributed by atoms with Gasteiger partial charge in [0.2, 0.25) is 11.8 Å². The van der Waals surface area contributed by atoms with E-state index >= 15 is 0 Å². The van der Waals surface area contributed by atoms with Crippen LogP contribution in [0.4, 0.5) is 5.69 Å². The van der Waals surface area contributed by atoms with Crippen LogP contribution in [0.3, 0.4) is 0 Å². The number of hydrogen-bond donors (Lipinski definition) is 0. The van der Waals surface area contributed by atoms with Crippen LogP contribution in [0.1, 0.15) is 35.4 Å². The molecule has 3 aromatic rings. The number of aliphatic imine (C=N–C) groups is 1. The molecule has 1 aliphatic carbocycles. The van der Waals surface area contributed by atoms with Crippen LogP contribution in [0.15, 0.2) is 87.8 Å². The summed E-state index contributed by atoms with van der Waals surface area (Å²) >= 11 is 1.68. The van der Waals surface area contributed by atoms with E-state index in [0.29, 0.717) is 5.96 Å². The first kappa shape index (κ1) is 19.9. The number of ether oxygens (including phenoxy) is 1. The third-order valence-electron chi connectivity index (χ3n) is 6.14. The Labute approximate surface area is 196 Å². The molecule has 0 saturated heterocycles. The van der Waals surface area contributed by atoms with Crippen LogP contribution < -0.4 is 5.01 Å². The average Bonchev–Trinajstić information content (AvgIpc) is 3.52. The lowest BCUT2D eigenvalue weighted by atomic mass is 9.84. The van der Waals surface area contributed by atoms with Crippen molar-refractivity contribution in [2.75, 3.05) is 11.6 Å². The summed E-state index contributed by atoms with van der Waals surface area (Å²) in [6.45, 7) is 2.09. The summed E-state index contributed by atoms with van der Waals surface area (Å²) in [4.78, 5) is 21.3. The second-order valence-corrected chi connectivity index (χ2v) is 9.00. The molecule has 0 spiro atoms. The second kappa shape index (κ2) is 8.01. The van der Waals surface area contributed by atoms with E-state index in [1.165, 1.54) is 11.1 Å². The number of hydrazone groups is 1. The number of nitrogens with zero attached hydrogens (tertiary/aromatic N) is 4. The SMILES string of the molecule is CCOC(=O)C1=NN(c2ccccc2)C2=NC3=C(CCc4ccccc43)[C@H](c3cccs3)N12. The molecular weight excluding hydrogens is 432 g/mol. The number of guanidine groups is 1. The van der Waals surface area contributed by atoms with Gasteiger partial charge in [-0.3, -0.25) is 4.90 Å². The number of carbonyl (C=O) groups excluding carboxylic acids is 1. The van der Waals surface area contributed by atoms with Gasteiger partial charge in [-0.15, -0.1) is 16.4 Å². The van der Waals surface area contributed by atoms with Crippen molar-refractivity contribution in [3.63, 3.8) is 0 Å². The number of aryl methyl sites for hydroxylation is 1. The van der Waals surface area contributed by atoms with Crippen molar-refractivity contribution in [1.82, 2.24) is 4.90 Å². The van der Waals surface area contributed by atoms with Crippen LogP contribution >= 0.6 is 11.3 Å². The Balaban J connectivity index is 1.58. The lowest BCUT2D eigenvalue weighted by molar-refractivity contribution is -0.135. The van der Waals surface area contributed by atoms with E-state index in [2.05, 4.69) is 41.8 Å². The summed E-state index contributed by atoms with van der Waals surface area (Å²) in [5, 5.41) is 8.58. The molecule has 1 aromatic heterocycles. The summed E-state index contributed by atoms with van der Waals surface area (Å²) in [6.07, 6.45) is 1.83. The summed E-state index contributed by atoms with van der Waals surface area (Å²) in [5.74, 6) is 0.451. The average molecular weight is 455 g/mol. The molecule has 2 aromatic carbocycles. The highest BCUT2D eigenvalue weighted by atomic mass is 32.1. The predicted octanol–water partition coefficient (Wildman–Crippen LogP) is 5.22. The molecule has 1 atom stereocenters. The second-order valence-electron chi connectivity index (χ2n) is 8.02. The number of benzene rings is 2. The van der Waals surface area contributed by atoms with Gasteiger partial charge in [0.1, 0.15) is 0 Å². The van der Waals surface area contributed by atoms with E-state index < -0.39 is 5.97 Å². The van der Waals surface area contributed by atoms with Crippen molar-refractivity contribution in [3.8, 4) is 0 Å². The minimum atomic E-state index is -0.439.